The van der Waals surface area contributed by atoms with E-state index in [1.807, 2.05) is 0 Å². The predicted octanol–water partition coefficient (Wildman–Crippen LogP) is 2.63. The van der Waals surface area contributed by atoms with Gasteiger partial charge in [0.15, 0.2) is 17.8 Å². The molecule has 0 saturated heterocycles. The van der Waals surface area contributed by atoms with Gasteiger partial charge in [-0.15, -0.1) is 0 Å². The van der Waals surface area contributed by atoms with E-state index < -0.39 is 5.97 Å². The average Bonchev–Trinajstić information content (AvgIpc) is 2.95. The second-order valence-corrected chi connectivity index (χ2v) is 4.74. The summed E-state index contributed by atoms with van der Waals surface area (Å²) in [7, 11) is 2.80. The first-order valence-electron chi connectivity index (χ1n) is 5.63. The van der Waals surface area contributed by atoms with Gasteiger partial charge in [0.2, 0.25) is 5.76 Å². The molecule has 2 aromatic rings. The molecule has 0 saturated carbocycles. The first kappa shape index (κ1) is 15.0. The lowest BCUT2D eigenvalue weighted by Crippen LogP contribution is -1.99. The average molecular weight is 356 g/mol. The third kappa shape index (κ3) is 2.62. The third-order valence-electron chi connectivity index (χ3n) is 2.75. The molecule has 0 aliphatic carbocycles. The molecule has 8 heteroatoms. The fourth-order valence-corrected chi connectivity index (χ4v) is 2.33. The van der Waals surface area contributed by atoms with Gasteiger partial charge in [0.1, 0.15) is 5.69 Å². The van der Waals surface area contributed by atoms with Crippen molar-refractivity contribution in [1.29, 1.82) is 0 Å². The van der Waals surface area contributed by atoms with Gasteiger partial charge in [0, 0.05) is 10.5 Å². The van der Waals surface area contributed by atoms with Gasteiger partial charge in [-0.1, -0.05) is 5.16 Å². The maximum absolute atomic E-state index is 11.1. The number of carboxylic acids is 1. The van der Waals surface area contributed by atoms with Crippen LogP contribution in [-0.4, -0.2) is 36.7 Å². The molecule has 110 valence electrons. The van der Waals surface area contributed by atoms with Crippen molar-refractivity contribution in [1.82, 2.24) is 5.16 Å². The van der Waals surface area contributed by atoms with Gasteiger partial charge in [-0.3, -0.25) is 4.79 Å². The number of nitrogens with zero attached hydrogens (tertiary/aromatic N) is 1. The Morgan fingerprint density at radius 2 is 2.00 bits per heavy atom. The monoisotopic (exact) mass is 355 g/mol. The van der Waals surface area contributed by atoms with Crippen molar-refractivity contribution in [3.05, 3.63) is 27.9 Å². The van der Waals surface area contributed by atoms with Gasteiger partial charge in [-0.05, 0) is 22.0 Å². The molecule has 21 heavy (non-hydrogen) atoms. The van der Waals surface area contributed by atoms with E-state index in [2.05, 4.69) is 21.1 Å². The smallest absolute Gasteiger partial charge is 0.374 e. The molecule has 0 radical (unpaired) electrons. The van der Waals surface area contributed by atoms with Crippen molar-refractivity contribution in [2.45, 2.75) is 0 Å². The lowest BCUT2D eigenvalue weighted by atomic mass is 10.1. The first-order chi connectivity index (χ1) is 10.0. The highest BCUT2D eigenvalue weighted by Crippen LogP contribution is 2.43. The summed E-state index contributed by atoms with van der Waals surface area (Å²) in [6.45, 7) is 0. The number of carboxylic acid groups (broad SMARTS) is 1. The number of ether oxygens (including phenoxy) is 2. The zero-order valence-corrected chi connectivity index (χ0v) is 12.6. The number of aromatic carboxylic acids is 1. The summed E-state index contributed by atoms with van der Waals surface area (Å²) in [5.74, 6) is -1.06. The number of aromatic nitrogens is 1. The first-order valence-corrected chi connectivity index (χ1v) is 6.42. The number of hydrogen-bond donors (Lipinski definition) is 1. The van der Waals surface area contributed by atoms with Crippen LogP contribution in [0.3, 0.4) is 0 Å². The standard InChI is InChI=1S/C13H10BrNO6/c1-19-11-6(9-4-10(13(17)18)21-15-9)3-8(14)7(5-16)12(11)20-2/h3-5H,1-2H3,(H,17,18). The van der Waals surface area contributed by atoms with Crippen LogP contribution in [0, 0.1) is 0 Å². The van der Waals surface area contributed by atoms with E-state index in [9.17, 15) is 9.59 Å². The summed E-state index contributed by atoms with van der Waals surface area (Å²) in [6, 6.07) is 2.83. The van der Waals surface area contributed by atoms with Gasteiger partial charge < -0.3 is 19.1 Å². The molecule has 0 atom stereocenters. The highest BCUT2D eigenvalue weighted by Gasteiger charge is 2.22. The summed E-state index contributed by atoms with van der Waals surface area (Å²) >= 11 is 3.25. The molecular formula is C13H10BrNO6. The molecule has 0 bridgehead atoms. The number of methoxy groups -OCH3 is 2. The lowest BCUT2D eigenvalue weighted by Gasteiger charge is -2.14. The third-order valence-corrected chi connectivity index (χ3v) is 3.40. The molecule has 0 unspecified atom stereocenters. The zero-order valence-electron chi connectivity index (χ0n) is 11.0. The predicted molar refractivity (Wildman–Crippen MR) is 75.1 cm³/mol. The van der Waals surface area contributed by atoms with Crippen LogP contribution in [0.15, 0.2) is 21.1 Å². The number of hydrogen-bond acceptors (Lipinski definition) is 6. The van der Waals surface area contributed by atoms with Gasteiger partial charge in [-0.2, -0.15) is 0 Å². The Balaban J connectivity index is 2.70. The molecule has 1 N–H and O–H groups in total. The molecular weight excluding hydrogens is 346 g/mol. The normalized spacial score (nSPS) is 10.2. The molecule has 0 aliphatic heterocycles. The number of carbonyl (C=O) groups excluding carboxylic acids is 1. The minimum absolute atomic E-state index is 0.219. The summed E-state index contributed by atoms with van der Waals surface area (Å²) in [6.07, 6.45) is 0.626. The van der Waals surface area contributed by atoms with E-state index in [1.54, 1.807) is 6.07 Å². The van der Waals surface area contributed by atoms with E-state index >= 15 is 0 Å². The second-order valence-electron chi connectivity index (χ2n) is 3.89. The van der Waals surface area contributed by atoms with Crippen LogP contribution in [0.1, 0.15) is 20.9 Å². The van der Waals surface area contributed by atoms with Crippen LogP contribution in [0.4, 0.5) is 0 Å². The Morgan fingerprint density at radius 1 is 1.33 bits per heavy atom. The van der Waals surface area contributed by atoms with Crippen LogP contribution >= 0.6 is 15.9 Å². The number of rotatable bonds is 5. The van der Waals surface area contributed by atoms with Gasteiger partial charge in [0.05, 0.1) is 25.3 Å². The van der Waals surface area contributed by atoms with Crippen molar-refractivity contribution < 1.29 is 28.7 Å². The van der Waals surface area contributed by atoms with Crippen LogP contribution in [0.25, 0.3) is 11.3 Å². The van der Waals surface area contributed by atoms with E-state index in [1.165, 1.54) is 20.3 Å². The SMILES string of the molecule is COc1c(-c2cc(C(=O)O)on2)cc(Br)c(C=O)c1OC. The van der Waals surface area contributed by atoms with Crippen molar-refractivity contribution in [3.63, 3.8) is 0 Å². The lowest BCUT2D eigenvalue weighted by molar-refractivity contribution is 0.0652. The minimum Gasteiger partial charge on any atom is -0.492 e. The fourth-order valence-electron chi connectivity index (χ4n) is 1.83. The molecule has 7 nitrogen and oxygen atoms in total. The molecule has 1 aromatic carbocycles. The molecule has 2 rings (SSSR count). The number of benzene rings is 1. The largest absolute Gasteiger partial charge is 0.492 e. The Morgan fingerprint density at radius 3 is 2.48 bits per heavy atom. The van der Waals surface area contributed by atoms with Crippen LogP contribution in [0.5, 0.6) is 11.5 Å². The minimum atomic E-state index is -1.23. The molecule has 0 fully saturated rings. The Bertz CT molecular complexity index is 709. The van der Waals surface area contributed by atoms with E-state index in [0.717, 1.165) is 0 Å². The Hall–Kier alpha value is -2.35. The van der Waals surface area contributed by atoms with Gasteiger partial charge in [0.25, 0.3) is 0 Å². The molecule has 0 aliphatic rings. The Labute approximate surface area is 127 Å². The van der Waals surface area contributed by atoms with Crippen molar-refractivity contribution >= 4 is 28.2 Å². The zero-order chi connectivity index (χ0) is 15.6. The summed E-state index contributed by atoms with van der Waals surface area (Å²) in [5.41, 5.74) is 0.962. The number of halogens is 1. The maximum atomic E-state index is 11.1. The highest BCUT2D eigenvalue weighted by molar-refractivity contribution is 9.10. The van der Waals surface area contributed by atoms with Crippen molar-refractivity contribution in [2.75, 3.05) is 14.2 Å². The fraction of sp³-hybridized carbons (Fsp3) is 0.154. The molecule has 0 spiro atoms. The quantitative estimate of drug-likeness (QED) is 0.822. The second kappa shape index (κ2) is 5.96. The van der Waals surface area contributed by atoms with Crippen LogP contribution in [-0.2, 0) is 0 Å². The molecule has 0 amide bonds. The van der Waals surface area contributed by atoms with Gasteiger partial charge >= 0.3 is 5.97 Å². The molecule has 1 heterocycles. The van der Waals surface area contributed by atoms with E-state index in [0.29, 0.717) is 16.3 Å². The van der Waals surface area contributed by atoms with E-state index in [4.69, 9.17) is 19.1 Å². The van der Waals surface area contributed by atoms with E-state index in [-0.39, 0.29) is 28.5 Å². The van der Waals surface area contributed by atoms with Crippen LogP contribution < -0.4 is 9.47 Å². The number of carbonyl (C=O) groups is 2. The summed E-state index contributed by atoms with van der Waals surface area (Å²) in [4.78, 5) is 22.0. The number of aldehydes is 1. The van der Waals surface area contributed by atoms with Crippen molar-refractivity contribution in [2.24, 2.45) is 0 Å². The topological polar surface area (TPSA) is 98.9 Å². The van der Waals surface area contributed by atoms with Gasteiger partial charge in [-0.25, -0.2) is 4.79 Å². The highest BCUT2D eigenvalue weighted by atomic mass is 79.9. The van der Waals surface area contributed by atoms with Crippen LogP contribution in [0.2, 0.25) is 0 Å². The molecule has 1 aromatic heterocycles. The Kier molecular flexibility index (Phi) is 4.27. The summed E-state index contributed by atoms with van der Waals surface area (Å²) < 4.78 is 15.6. The maximum Gasteiger partial charge on any atom is 0.374 e. The summed E-state index contributed by atoms with van der Waals surface area (Å²) in [5, 5.41) is 12.6. The van der Waals surface area contributed by atoms with Crippen molar-refractivity contribution in [3.8, 4) is 22.8 Å².